The van der Waals surface area contributed by atoms with Crippen LogP contribution in [0.2, 0.25) is 0 Å². The maximum atomic E-state index is 4.47. The van der Waals surface area contributed by atoms with Crippen molar-refractivity contribution in [2.24, 2.45) is 0 Å². The Morgan fingerprint density at radius 3 is 2.62 bits per heavy atom. The van der Waals surface area contributed by atoms with Crippen molar-refractivity contribution in [2.45, 2.75) is 59.5 Å². The van der Waals surface area contributed by atoms with Crippen LogP contribution in [0.4, 0.5) is 0 Å². The average molecular weight is 285 g/mol. The highest BCUT2D eigenvalue weighted by molar-refractivity contribution is 5.43. The van der Waals surface area contributed by atoms with Gasteiger partial charge in [-0.15, -0.1) is 0 Å². The van der Waals surface area contributed by atoms with Crippen LogP contribution in [0, 0.1) is 6.92 Å². The van der Waals surface area contributed by atoms with Crippen molar-refractivity contribution in [3.63, 3.8) is 0 Å². The van der Waals surface area contributed by atoms with E-state index in [2.05, 4.69) is 73.9 Å². The zero-order valence-electron chi connectivity index (χ0n) is 13.9. The Morgan fingerprint density at radius 2 is 2.00 bits per heavy atom. The van der Waals surface area contributed by atoms with E-state index in [1.807, 2.05) is 6.20 Å². The Kier molecular flexibility index (Phi) is 4.84. The summed E-state index contributed by atoms with van der Waals surface area (Å²) < 4.78 is 2.21. The number of aryl methyl sites for hydroxylation is 2. The van der Waals surface area contributed by atoms with Gasteiger partial charge in [0.15, 0.2) is 0 Å². The van der Waals surface area contributed by atoms with Gasteiger partial charge in [0, 0.05) is 36.6 Å². The van der Waals surface area contributed by atoms with Gasteiger partial charge in [-0.25, -0.2) is 4.98 Å². The highest BCUT2D eigenvalue weighted by Gasteiger charge is 2.10. The summed E-state index contributed by atoms with van der Waals surface area (Å²) in [7, 11) is 0. The van der Waals surface area contributed by atoms with E-state index in [0.717, 1.165) is 25.2 Å². The van der Waals surface area contributed by atoms with E-state index >= 15 is 0 Å². The molecule has 0 aliphatic carbocycles. The molecule has 0 fully saturated rings. The van der Waals surface area contributed by atoms with Crippen molar-refractivity contribution >= 4 is 0 Å². The van der Waals surface area contributed by atoms with Crippen LogP contribution < -0.4 is 5.32 Å². The van der Waals surface area contributed by atoms with Crippen LogP contribution in [0.15, 0.2) is 30.6 Å². The molecule has 0 spiro atoms. The summed E-state index contributed by atoms with van der Waals surface area (Å²) in [5, 5.41) is 3.53. The smallest absolute Gasteiger partial charge is 0.113 e. The third-order valence-electron chi connectivity index (χ3n) is 3.53. The van der Waals surface area contributed by atoms with Crippen LogP contribution in [0.3, 0.4) is 0 Å². The largest absolute Gasteiger partial charge is 0.308 e. The normalized spacial score (nSPS) is 11.9. The quantitative estimate of drug-likeness (QED) is 0.899. The first kappa shape index (κ1) is 15.8. The molecule has 2 aromatic rings. The number of rotatable bonds is 5. The van der Waals surface area contributed by atoms with Gasteiger partial charge in [0.25, 0.3) is 0 Å². The average Bonchev–Trinajstić information content (AvgIpc) is 2.84. The first-order valence-corrected chi connectivity index (χ1v) is 7.78. The number of nitrogens with zero attached hydrogens (tertiary/aromatic N) is 2. The van der Waals surface area contributed by atoms with Crippen molar-refractivity contribution in [3.8, 4) is 5.69 Å². The summed E-state index contributed by atoms with van der Waals surface area (Å²) in [6, 6.07) is 6.68. The molecule has 1 aromatic heterocycles. The second-order valence-electron chi connectivity index (χ2n) is 6.69. The Hall–Kier alpha value is -1.61. The molecule has 1 aromatic carbocycles. The SMILES string of the molecule is CCCc1nccn1-c1ccc(CNC(C)(C)C)cc1C. The lowest BCUT2D eigenvalue weighted by Gasteiger charge is -2.21. The Labute approximate surface area is 128 Å². The predicted molar refractivity (Wildman–Crippen MR) is 88.9 cm³/mol. The molecule has 2 rings (SSSR count). The minimum absolute atomic E-state index is 0.144. The Balaban J connectivity index is 2.21. The molecule has 0 aliphatic heterocycles. The Bertz CT molecular complexity index is 591. The lowest BCUT2D eigenvalue weighted by atomic mass is 10.1. The third-order valence-corrected chi connectivity index (χ3v) is 3.53. The highest BCUT2D eigenvalue weighted by atomic mass is 15.1. The third kappa shape index (κ3) is 4.18. The summed E-state index contributed by atoms with van der Waals surface area (Å²) >= 11 is 0. The fraction of sp³-hybridized carbons (Fsp3) is 0.500. The fourth-order valence-corrected chi connectivity index (χ4v) is 2.43. The molecule has 0 saturated carbocycles. The predicted octanol–water partition coefficient (Wildman–Crippen LogP) is 4.02. The van der Waals surface area contributed by atoms with Crippen molar-refractivity contribution in [1.82, 2.24) is 14.9 Å². The van der Waals surface area contributed by atoms with E-state index in [9.17, 15) is 0 Å². The van der Waals surface area contributed by atoms with Crippen LogP contribution in [0.1, 0.15) is 51.1 Å². The number of benzene rings is 1. The van der Waals surface area contributed by atoms with Crippen molar-refractivity contribution in [2.75, 3.05) is 0 Å². The van der Waals surface area contributed by atoms with Gasteiger partial charge in [-0.1, -0.05) is 19.1 Å². The molecule has 114 valence electrons. The monoisotopic (exact) mass is 285 g/mol. The molecule has 1 heterocycles. The zero-order chi connectivity index (χ0) is 15.5. The molecule has 0 saturated heterocycles. The van der Waals surface area contributed by atoms with Gasteiger partial charge in [0.1, 0.15) is 5.82 Å². The van der Waals surface area contributed by atoms with Crippen molar-refractivity contribution in [3.05, 3.63) is 47.5 Å². The second kappa shape index (κ2) is 6.44. The zero-order valence-corrected chi connectivity index (χ0v) is 13.9. The molecular weight excluding hydrogens is 258 g/mol. The molecule has 3 heteroatoms. The summed E-state index contributed by atoms with van der Waals surface area (Å²) in [5.41, 5.74) is 3.99. The van der Waals surface area contributed by atoms with E-state index in [1.54, 1.807) is 0 Å². The molecule has 0 unspecified atom stereocenters. The molecule has 1 N–H and O–H groups in total. The molecular formula is C18H27N3. The Morgan fingerprint density at radius 1 is 1.24 bits per heavy atom. The van der Waals surface area contributed by atoms with Crippen LogP contribution in [0.25, 0.3) is 5.69 Å². The standard InChI is InChI=1S/C18H27N3/c1-6-7-17-19-10-11-21(17)16-9-8-15(12-14(16)2)13-20-18(3,4)5/h8-12,20H,6-7,13H2,1-5H3. The lowest BCUT2D eigenvalue weighted by Crippen LogP contribution is -2.35. The minimum Gasteiger partial charge on any atom is -0.308 e. The van der Waals surface area contributed by atoms with Crippen LogP contribution in [0.5, 0.6) is 0 Å². The number of hydrogen-bond acceptors (Lipinski definition) is 2. The summed E-state index contributed by atoms with van der Waals surface area (Å²) in [6.07, 6.45) is 6.07. The van der Waals surface area contributed by atoms with E-state index in [0.29, 0.717) is 0 Å². The molecule has 0 aliphatic rings. The van der Waals surface area contributed by atoms with E-state index in [1.165, 1.54) is 16.8 Å². The maximum absolute atomic E-state index is 4.47. The second-order valence-corrected chi connectivity index (χ2v) is 6.69. The van der Waals surface area contributed by atoms with E-state index < -0.39 is 0 Å². The lowest BCUT2D eigenvalue weighted by molar-refractivity contribution is 0.424. The fourth-order valence-electron chi connectivity index (χ4n) is 2.43. The molecule has 0 radical (unpaired) electrons. The van der Waals surface area contributed by atoms with Crippen LogP contribution in [-0.4, -0.2) is 15.1 Å². The van der Waals surface area contributed by atoms with Crippen LogP contribution >= 0.6 is 0 Å². The first-order valence-electron chi connectivity index (χ1n) is 7.78. The first-order chi connectivity index (χ1) is 9.90. The van der Waals surface area contributed by atoms with Gasteiger partial charge in [-0.3, -0.25) is 0 Å². The summed E-state index contributed by atoms with van der Waals surface area (Å²) in [5.74, 6) is 1.14. The van der Waals surface area contributed by atoms with E-state index in [4.69, 9.17) is 0 Å². The van der Waals surface area contributed by atoms with Gasteiger partial charge >= 0.3 is 0 Å². The maximum Gasteiger partial charge on any atom is 0.113 e. The topological polar surface area (TPSA) is 29.9 Å². The molecule has 0 bridgehead atoms. The van der Waals surface area contributed by atoms with Gasteiger partial charge in [0.2, 0.25) is 0 Å². The summed E-state index contributed by atoms with van der Waals surface area (Å²) in [4.78, 5) is 4.47. The van der Waals surface area contributed by atoms with E-state index in [-0.39, 0.29) is 5.54 Å². The van der Waals surface area contributed by atoms with Crippen LogP contribution in [-0.2, 0) is 13.0 Å². The van der Waals surface area contributed by atoms with Crippen molar-refractivity contribution < 1.29 is 0 Å². The minimum atomic E-state index is 0.144. The molecule has 0 amide bonds. The molecule has 21 heavy (non-hydrogen) atoms. The van der Waals surface area contributed by atoms with Gasteiger partial charge in [-0.2, -0.15) is 0 Å². The number of imidazole rings is 1. The van der Waals surface area contributed by atoms with Crippen molar-refractivity contribution in [1.29, 1.82) is 0 Å². The number of nitrogens with one attached hydrogen (secondary N) is 1. The molecule has 3 nitrogen and oxygen atoms in total. The van der Waals surface area contributed by atoms with Gasteiger partial charge in [-0.05, 0) is 51.3 Å². The van der Waals surface area contributed by atoms with Gasteiger partial charge in [0.05, 0.1) is 0 Å². The number of hydrogen-bond donors (Lipinski definition) is 1. The van der Waals surface area contributed by atoms with Gasteiger partial charge < -0.3 is 9.88 Å². The number of aromatic nitrogens is 2. The molecule has 0 atom stereocenters. The summed E-state index contributed by atoms with van der Waals surface area (Å²) in [6.45, 7) is 11.8. The highest BCUT2D eigenvalue weighted by Crippen LogP contribution is 2.19.